The van der Waals surface area contributed by atoms with Gasteiger partial charge in [0.15, 0.2) is 0 Å². The van der Waals surface area contributed by atoms with E-state index >= 15 is 0 Å². The predicted octanol–water partition coefficient (Wildman–Crippen LogP) is 1.03. The van der Waals surface area contributed by atoms with Gasteiger partial charge in [-0.1, -0.05) is 18.2 Å². The molecule has 1 heterocycles. The van der Waals surface area contributed by atoms with Gasteiger partial charge in [-0.15, -0.1) is 0 Å². The van der Waals surface area contributed by atoms with E-state index in [0.717, 1.165) is 10.6 Å². The molecule has 0 fully saturated rings. The van der Waals surface area contributed by atoms with Gasteiger partial charge in [-0.25, -0.2) is 4.68 Å². The summed E-state index contributed by atoms with van der Waals surface area (Å²) >= 11 is 0. The van der Waals surface area contributed by atoms with Gasteiger partial charge in [-0.3, -0.25) is 9.59 Å². The van der Waals surface area contributed by atoms with Gasteiger partial charge in [0, 0.05) is 13.2 Å². The Bertz CT molecular complexity index is 592. The maximum Gasteiger partial charge on any atom is 0.323 e. The smallest absolute Gasteiger partial charge is 0.323 e. The Morgan fingerprint density at radius 2 is 2.00 bits per heavy atom. The number of carboxylic acid groups (broad SMARTS) is 1. The molecule has 0 unspecified atom stereocenters. The summed E-state index contributed by atoms with van der Waals surface area (Å²) < 4.78 is 1.57. The highest BCUT2D eigenvalue weighted by Crippen LogP contribution is 2.09. The van der Waals surface area contributed by atoms with Crippen LogP contribution in [0.5, 0.6) is 0 Å². The van der Waals surface area contributed by atoms with Crippen molar-refractivity contribution in [1.29, 1.82) is 0 Å². The van der Waals surface area contributed by atoms with Crippen LogP contribution >= 0.6 is 0 Å². The van der Waals surface area contributed by atoms with Crippen LogP contribution in [0, 0.1) is 0 Å². The quantitative estimate of drug-likeness (QED) is 0.889. The topological polar surface area (TPSA) is 75.4 Å². The normalized spacial score (nSPS) is 10.2. The Hall–Kier alpha value is -2.63. The summed E-state index contributed by atoms with van der Waals surface area (Å²) in [6.07, 6.45) is 3.00. The average molecular weight is 259 g/mol. The minimum Gasteiger partial charge on any atom is -0.480 e. The van der Waals surface area contributed by atoms with Crippen LogP contribution in [0.4, 0.5) is 0 Å². The molecule has 0 aliphatic rings. The number of para-hydroxylation sites is 1. The summed E-state index contributed by atoms with van der Waals surface area (Å²) in [5.41, 5.74) is 1.19. The number of aromatic nitrogens is 2. The van der Waals surface area contributed by atoms with E-state index < -0.39 is 5.97 Å². The molecule has 1 amide bonds. The zero-order valence-corrected chi connectivity index (χ0v) is 10.4. The van der Waals surface area contributed by atoms with Crippen molar-refractivity contribution in [3.63, 3.8) is 0 Å². The molecule has 0 radical (unpaired) electrons. The summed E-state index contributed by atoms with van der Waals surface area (Å²) in [6, 6.07) is 9.36. The molecule has 0 atom stereocenters. The van der Waals surface area contributed by atoms with E-state index in [1.54, 1.807) is 10.9 Å². The minimum absolute atomic E-state index is 0.338. The van der Waals surface area contributed by atoms with Crippen molar-refractivity contribution < 1.29 is 14.7 Å². The highest BCUT2D eigenvalue weighted by Gasteiger charge is 2.16. The van der Waals surface area contributed by atoms with E-state index in [2.05, 4.69) is 5.10 Å². The number of hydrogen-bond donors (Lipinski definition) is 1. The lowest BCUT2D eigenvalue weighted by atomic mass is 10.3. The molecule has 0 saturated heterocycles. The van der Waals surface area contributed by atoms with Gasteiger partial charge in [-0.2, -0.15) is 5.10 Å². The summed E-state index contributed by atoms with van der Waals surface area (Å²) in [5.74, 6) is -1.42. The molecule has 1 aromatic carbocycles. The van der Waals surface area contributed by atoms with Crippen LogP contribution < -0.4 is 0 Å². The van der Waals surface area contributed by atoms with E-state index in [1.165, 1.54) is 13.2 Å². The molecular formula is C13H13N3O3. The van der Waals surface area contributed by atoms with Crippen LogP contribution in [0.25, 0.3) is 5.69 Å². The molecule has 0 aliphatic heterocycles. The van der Waals surface area contributed by atoms with Gasteiger partial charge in [0.05, 0.1) is 17.4 Å². The van der Waals surface area contributed by atoms with E-state index in [9.17, 15) is 9.59 Å². The lowest BCUT2D eigenvalue weighted by Crippen LogP contribution is -2.31. The fraction of sp³-hybridized carbons (Fsp3) is 0.154. The van der Waals surface area contributed by atoms with Crippen molar-refractivity contribution in [2.24, 2.45) is 0 Å². The number of rotatable bonds is 4. The second kappa shape index (κ2) is 5.34. The number of benzene rings is 1. The second-order valence-electron chi connectivity index (χ2n) is 4.06. The Kier molecular flexibility index (Phi) is 3.61. The number of likely N-dealkylation sites (N-methyl/N-ethyl adjacent to an activating group) is 1. The molecule has 1 N–H and O–H groups in total. The van der Waals surface area contributed by atoms with Gasteiger partial charge in [0.25, 0.3) is 5.91 Å². The maximum absolute atomic E-state index is 11.9. The first kappa shape index (κ1) is 12.8. The summed E-state index contributed by atoms with van der Waals surface area (Å²) in [6.45, 7) is -0.338. The second-order valence-corrected chi connectivity index (χ2v) is 4.06. The third-order valence-corrected chi connectivity index (χ3v) is 2.57. The molecular weight excluding hydrogens is 246 g/mol. The van der Waals surface area contributed by atoms with Crippen molar-refractivity contribution in [3.05, 3.63) is 48.3 Å². The molecule has 98 valence electrons. The fourth-order valence-electron chi connectivity index (χ4n) is 1.65. The highest BCUT2D eigenvalue weighted by atomic mass is 16.4. The van der Waals surface area contributed by atoms with E-state index in [0.29, 0.717) is 5.56 Å². The van der Waals surface area contributed by atoms with E-state index in [4.69, 9.17) is 5.11 Å². The number of nitrogens with zero attached hydrogens (tertiary/aromatic N) is 3. The van der Waals surface area contributed by atoms with Gasteiger partial charge in [0.1, 0.15) is 6.54 Å². The van der Waals surface area contributed by atoms with Crippen molar-refractivity contribution in [2.75, 3.05) is 13.6 Å². The Labute approximate surface area is 109 Å². The molecule has 0 bridgehead atoms. The Morgan fingerprint density at radius 3 is 2.63 bits per heavy atom. The van der Waals surface area contributed by atoms with Gasteiger partial charge >= 0.3 is 5.97 Å². The number of carbonyl (C=O) groups excluding carboxylic acids is 1. The van der Waals surface area contributed by atoms with Crippen molar-refractivity contribution in [3.8, 4) is 5.69 Å². The first-order chi connectivity index (χ1) is 9.08. The molecule has 6 nitrogen and oxygen atoms in total. The number of hydrogen-bond acceptors (Lipinski definition) is 3. The van der Waals surface area contributed by atoms with Crippen molar-refractivity contribution >= 4 is 11.9 Å². The standard InChI is InChI=1S/C13H13N3O3/c1-15(9-12(17)18)13(19)10-7-14-16(8-10)11-5-3-2-4-6-11/h2-8H,9H2,1H3,(H,17,18). The number of carboxylic acids is 1. The third-order valence-electron chi connectivity index (χ3n) is 2.57. The van der Waals surface area contributed by atoms with Crippen LogP contribution in [-0.2, 0) is 4.79 Å². The number of amides is 1. The first-order valence-corrected chi connectivity index (χ1v) is 5.65. The summed E-state index contributed by atoms with van der Waals surface area (Å²) in [5, 5.41) is 12.7. The summed E-state index contributed by atoms with van der Waals surface area (Å²) in [4.78, 5) is 23.6. The van der Waals surface area contributed by atoms with Crippen molar-refractivity contribution in [1.82, 2.24) is 14.7 Å². The van der Waals surface area contributed by atoms with Gasteiger partial charge < -0.3 is 10.0 Å². The number of aliphatic carboxylic acids is 1. The highest BCUT2D eigenvalue weighted by molar-refractivity contribution is 5.95. The molecule has 6 heteroatoms. The van der Waals surface area contributed by atoms with Gasteiger partial charge in [0.2, 0.25) is 0 Å². The lowest BCUT2D eigenvalue weighted by molar-refractivity contribution is -0.137. The zero-order chi connectivity index (χ0) is 13.8. The largest absolute Gasteiger partial charge is 0.480 e. The third kappa shape index (κ3) is 2.98. The minimum atomic E-state index is -1.05. The lowest BCUT2D eigenvalue weighted by Gasteiger charge is -2.12. The van der Waals surface area contributed by atoms with E-state index in [1.807, 2.05) is 30.3 Å². The SMILES string of the molecule is CN(CC(=O)O)C(=O)c1cnn(-c2ccccc2)c1. The zero-order valence-electron chi connectivity index (χ0n) is 10.4. The number of carbonyl (C=O) groups is 2. The fourth-order valence-corrected chi connectivity index (χ4v) is 1.65. The van der Waals surface area contributed by atoms with Gasteiger partial charge in [-0.05, 0) is 12.1 Å². The molecule has 0 aliphatic carbocycles. The molecule has 2 rings (SSSR count). The van der Waals surface area contributed by atoms with E-state index in [-0.39, 0.29) is 12.5 Å². The van der Waals surface area contributed by atoms with Crippen LogP contribution in [0.15, 0.2) is 42.7 Å². The van der Waals surface area contributed by atoms with Crippen molar-refractivity contribution in [2.45, 2.75) is 0 Å². The molecule has 0 saturated carbocycles. The Morgan fingerprint density at radius 1 is 1.32 bits per heavy atom. The van der Waals surface area contributed by atoms with Crippen LogP contribution in [0.2, 0.25) is 0 Å². The molecule has 0 spiro atoms. The maximum atomic E-state index is 11.9. The first-order valence-electron chi connectivity index (χ1n) is 5.65. The van der Waals surface area contributed by atoms with Crippen LogP contribution in [0.3, 0.4) is 0 Å². The van der Waals surface area contributed by atoms with Crippen LogP contribution in [0.1, 0.15) is 10.4 Å². The predicted molar refractivity (Wildman–Crippen MR) is 68.2 cm³/mol. The monoisotopic (exact) mass is 259 g/mol. The average Bonchev–Trinajstić information content (AvgIpc) is 2.87. The molecule has 1 aromatic heterocycles. The summed E-state index contributed by atoms with van der Waals surface area (Å²) in [7, 11) is 1.44. The molecule has 2 aromatic rings. The Balaban J connectivity index is 2.17. The van der Waals surface area contributed by atoms with Crippen LogP contribution in [-0.4, -0.2) is 45.3 Å². The molecule has 19 heavy (non-hydrogen) atoms.